The van der Waals surface area contributed by atoms with E-state index in [1.165, 1.54) is 39.2 Å². The van der Waals surface area contributed by atoms with Crippen molar-refractivity contribution in [3.63, 3.8) is 0 Å². The van der Waals surface area contributed by atoms with Crippen molar-refractivity contribution in [2.45, 2.75) is 80.1 Å². The Balaban J connectivity index is 2.25. The van der Waals surface area contributed by atoms with Gasteiger partial charge in [0.15, 0.2) is 0 Å². The van der Waals surface area contributed by atoms with E-state index in [9.17, 15) is 14.4 Å². The van der Waals surface area contributed by atoms with E-state index in [2.05, 4.69) is 26.8 Å². The lowest BCUT2D eigenvalue weighted by Gasteiger charge is -2.57. The summed E-state index contributed by atoms with van der Waals surface area (Å²) in [6.07, 6.45) is 10.3. The minimum atomic E-state index is -0.341. The van der Waals surface area contributed by atoms with Crippen molar-refractivity contribution in [3.05, 3.63) is 23.3 Å². The Morgan fingerprint density at radius 2 is 1.66 bits per heavy atom. The highest BCUT2D eigenvalue weighted by molar-refractivity contribution is 5.66. The van der Waals surface area contributed by atoms with E-state index in [0.29, 0.717) is 12.5 Å². The molecule has 2 aliphatic carbocycles. The lowest BCUT2D eigenvalue weighted by atomic mass is 9.48. The number of ether oxygens (including phenoxy) is 3. The summed E-state index contributed by atoms with van der Waals surface area (Å²) in [7, 11) is 0. The average molecular weight is 449 g/mol. The maximum Gasteiger partial charge on any atom is 0.302 e. The summed E-state index contributed by atoms with van der Waals surface area (Å²) in [5, 5.41) is 0. The molecule has 3 atom stereocenters. The third-order valence-electron chi connectivity index (χ3n) is 7.45. The quantitative estimate of drug-likeness (QED) is 0.275. The van der Waals surface area contributed by atoms with Crippen molar-refractivity contribution in [2.75, 3.05) is 19.8 Å². The molecule has 6 nitrogen and oxygen atoms in total. The van der Waals surface area contributed by atoms with Gasteiger partial charge >= 0.3 is 17.9 Å². The molecule has 180 valence electrons. The molecule has 0 unspecified atom stereocenters. The summed E-state index contributed by atoms with van der Waals surface area (Å²) >= 11 is 0. The van der Waals surface area contributed by atoms with Crippen LogP contribution in [0.4, 0.5) is 0 Å². The largest absolute Gasteiger partial charge is 0.462 e. The van der Waals surface area contributed by atoms with Crippen molar-refractivity contribution in [3.8, 4) is 0 Å². The van der Waals surface area contributed by atoms with Gasteiger partial charge in [-0.2, -0.15) is 0 Å². The topological polar surface area (TPSA) is 78.9 Å². The van der Waals surface area contributed by atoms with Crippen LogP contribution < -0.4 is 0 Å². The number of fused-ring (bicyclic) bond motifs is 1. The Morgan fingerprint density at radius 3 is 2.28 bits per heavy atom. The molecule has 0 N–H and O–H groups in total. The first-order valence-electron chi connectivity index (χ1n) is 11.7. The highest BCUT2D eigenvalue weighted by atomic mass is 16.5. The second-order valence-corrected chi connectivity index (χ2v) is 10.2. The summed E-state index contributed by atoms with van der Waals surface area (Å²) in [6.45, 7) is 12.1. The summed E-state index contributed by atoms with van der Waals surface area (Å²) in [4.78, 5) is 34.0. The molecule has 0 aromatic heterocycles. The van der Waals surface area contributed by atoms with Gasteiger partial charge in [-0.25, -0.2) is 0 Å². The molecule has 0 bridgehead atoms. The number of hydrogen-bond donors (Lipinski definition) is 0. The smallest absolute Gasteiger partial charge is 0.302 e. The van der Waals surface area contributed by atoms with Crippen molar-refractivity contribution in [1.29, 1.82) is 0 Å². The first kappa shape index (κ1) is 26.1. The number of rotatable bonds is 9. The van der Waals surface area contributed by atoms with Crippen LogP contribution in [0, 0.1) is 22.7 Å². The maximum atomic E-state index is 11.5. The molecule has 0 aliphatic heterocycles. The van der Waals surface area contributed by atoms with E-state index in [-0.39, 0.29) is 47.9 Å². The van der Waals surface area contributed by atoms with E-state index >= 15 is 0 Å². The Morgan fingerprint density at radius 1 is 1.00 bits per heavy atom. The van der Waals surface area contributed by atoms with Crippen molar-refractivity contribution in [1.82, 2.24) is 0 Å². The molecule has 0 radical (unpaired) electrons. The van der Waals surface area contributed by atoms with Crippen LogP contribution in [0.2, 0.25) is 0 Å². The second kappa shape index (κ2) is 11.2. The predicted molar refractivity (Wildman–Crippen MR) is 123 cm³/mol. The predicted octanol–water partition coefficient (Wildman–Crippen LogP) is 5.16. The van der Waals surface area contributed by atoms with Gasteiger partial charge in [-0.3, -0.25) is 14.4 Å². The van der Waals surface area contributed by atoms with Crippen molar-refractivity contribution >= 4 is 17.9 Å². The molecular weight excluding hydrogens is 408 g/mol. The molecule has 0 aromatic carbocycles. The van der Waals surface area contributed by atoms with E-state index in [1.807, 2.05) is 6.08 Å². The molecule has 1 fully saturated rings. The van der Waals surface area contributed by atoms with Crippen LogP contribution >= 0.6 is 0 Å². The van der Waals surface area contributed by atoms with Gasteiger partial charge in [-0.1, -0.05) is 33.3 Å². The molecule has 0 saturated heterocycles. The highest BCUT2D eigenvalue weighted by Gasteiger charge is 2.52. The lowest BCUT2D eigenvalue weighted by molar-refractivity contribution is -0.141. The fraction of sp³-hybridized carbons (Fsp3) is 0.731. The Hall–Kier alpha value is -2.11. The van der Waals surface area contributed by atoms with E-state index in [1.54, 1.807) is 0 Å². The monoisotopic (exact) mass is 448 g/mol. The first-order valence-corrected chi connectivity index (χ1v) is 11.7. The van der Waals surface area contributed by atoms with Gasteiger partial charge in [-0.05, 0) is 72.0 Å². The van der Waals surface area contributed by atoms with Crippen LogP contribution in [0.5, 0.6) is 0 Å². The van der Waals surface area contributed by atoms with Gasteiger partial charge in [-0.15, -0.1) is 0 Å². The van der Waals surface area contributed by atoms with Gasteiger partial charge in [0.05, 0.1) is 0 Å². The Kier molecular flexibility index (Phi) is 9.11. The number of allylic oxidation sites excluding steroid dienone is 1. The molecule has 0 aromatic rings. The minimum Gasteiger partial charge on any atom is -0.462 e. The van der Waals surface area contributed by atoms with Gasteiger partial charge in [0.25, 0.3) is 0 Å². The minimum absolute atomic E-state index is 0.119. The lowest BCUT2D eigenvalue weighted by Crippen LogP contribution is -2.49. The van der Waals surface area contributed by atoms with Gasteiger partial charge < -0.3 is 14.2 Å². The molecular formula is C26H40O6. The Labute approximate surface area is 192 Å². The summed E-state index contributed by atoms with van der Waals surface area (Å²) in [5.74, 6) is -0.103. The fourth-order valence-electron chi connectivity index (χ4n) is 5.90. The van der Waals surface area contributed by atoms with Gasteiger partial charge in [0, 0.05) is 20.8 Å². The first-order chi connectivity index (χ1) is 15.0. The molecule has 32 heavy (non-hydrogen) atoms. The number of carbonyl (C=O) groups excluding carboxylic acids is 3. The summed E-state index contributed by atoms with van der Waals surface area (Å²) in [5.41, 5.74) is 2.52. The van der Waals surface area contributed by atoms with E-state index in [0.717, 1.165) is 31.3 Å². The number of carbonyl (C=O) groups is 3. The molecule has 2 rings (SSSR count). The molecule has 1 saturated carbocycles. The van der Waals surface area contributed by atoms with Crippen LogP contribution in [0.25, 0.3) is 0 Å². The van der Waals surface area contributed by atoms with E-state index < -0.39 is 0 Å². The third kappa shape index (κ3) is 6.94. The zero-order valence-electron chi connectivity index (χ0n) is 20.6. The van der Waals surface area contributed by atoms with Gasteiger partial charge in [0.1, 0.15) is 19.8 Å². The normalized spacial score (nSPS) is 27.1. The zero-order chi connectivity index (χ0) is 23.9. The van der Waals surface area contributed by atoms with E-state index in [4.69, 9.17) is 14.2 Å². The van der Waals surface area contributed by atoms with Crippen LogP contribution in [-0.4, -0.2) is 37.7 Å². The van der Waals surface area contributed by atoms with Crippen molar-refractivity contribution in [2.24, 2.45) is 22.7 Å². The molecule has 0 amide bonds. The second-order valence-electron chi connectivity index (χ2n) is 10.2. The zero-order valence-corrected chi connectivity index (χ0v) is 20.6. The SMILES string of the molecule is CC(=O)OC/C=C(/CC[C@@H]1C(COC(C)=O)=CC[C@H]2C(C)(C)CCC[C@@]12C)COC(C)=O. The van der Waals surface area contributed by atoms with Crippen LogP contribution in [0.15, 0.2) is 23.3 Å². The Bertz CT molecular complexity index is 762. The third-order valence-corrected chi connectivity index (χ3v) is 7.45. The van der Waals surface area contributed by atoms with Crippen LogP contribution in [-0.2, 0) is 28.6 Å². The number of esters is 3. The summed E-state index contributed by atoms with van der Waals surface area (Å²) < 4.78 is 15.7. The molecule has 2 aliphatic rings. The molecule has 0 heterocycles. The number of hydrogen-bond acceptors (Lipinski definition) is 6. The maximum absolute atomic E-state index is 11.5. The van der Waals surface area contributed by atoms with Crippen molar-refractivity contribution < 1.29 is 28.6 Å². The average Bonchev–Trinajstić information content (AvgIpc) is 2.67. The van der Waals surface area contributed by atoms with Crippen LogP contribution in [0.1, 0.15) is 80.1 Å². The fourth-order valence-corrected chi connectivity index (χ4v) is 5.90. The molecule has 0 spiro atoms. The van der Waals surface area contributed by atoms with Gasteiger partial charge in [0.2, 0.25) is 0 Å². The summed E-state index contributed by atoms with van der Waals surface area (Å²) in [6, 6.07) is 0. The molecule has 6 heteroatoms. The standard InChI is InChI=1S/C26H40O6/c1-18(27)30-15-12-21(16-31-19(2)28)8-10-23-22(17-32-20(3)29)9-11-24-25(4,5)13-7-14-26(23,24)6/h9,12,23-24H,7-8,10-11,13-17H2,1-6H3/b21-12-/t23-,24+,26+/m1/s1. The highest BCUT2D eigenvalue weighted by Crippen LogP contribution is 2.60. The van der Waals surface area contributed by atoms with Crippen LogP contribution in [0.3, 0.4) is 0 Å².